The molecule has 8 heteroatoms. The van der Waals surface area contributed by atoms with Crippen LogP contribution in [-0.4, -0.2) is 37.5 Å². The van der Waals surface area contributed by atoms with Crippen molar-refractivity contribution in [3.8, 4) is 0 Å². The standard InChI is InChI=1S/C12H16BrClN2O3S/c13-12-10(14)4-1-5-11(12)15-20(18,19)16-6-2-3-9(7-16)8-17/h1,4-5,9,15,17H,2-3,6-8H2. The molecule has 0 bridgehead atoms. The fraction of sp³-hybridized carbons (Fsp3) is 0.500. The van der Waals surface area contributed by atoms with Crippen LogP contribution in [0.25, 0.3) is 0 Å². The van der Waals surface area contributed by atoms with Crippen LogP contribution in [0, 0.1) is 5.92 Å². The second kappa shape index (κ2) is 6.62. The van der Waals surface area contributed by atoms with Gasteiger partial charge in [0.2, 0.25) is 0 Å². The first-order chi connectivity index (χ1) is 9.44. The molecule has 1 aromatic carbocycles. The van der Waals surface area contributed by atoms with E-state index in [2.05, 4.69) is 20.7 Å². The maximum absolute atomic E-state index is 12.3. The third kappa shape index (κ3) is 3.65. The molecule has 2 N–H and O–H groups in total. The summed E-state index contributed by atoms with van der Waals surface area (Å²) >= 11 is 9.21. The highest BCUT2D eigenvalue weighted by Gasteiger charge is 2.29. The molecule has 0 saturated carbocycles. The Morgan fingerprint density at radius 3 is 2.95 bits per heavy atom. The minimum Gasteiger partial charge on any atom is -0.396 e. The highest BCUT2D eigenvalue weighted by atomic mass is 79.9. The van der Waals surface area contributed by atoms with E-state index in [0.717, 1.165) is 12.8 Å². The molecule has 1 aliphatic rings. The van der Waals surface area contributed by atoms with Crippen molar-refractivity contribution in [1.82, 2.24) is 4.31 Å². The van der Waals surface area contributed by atoms with Gasteiger partial charge in [0.15, 0.2) is 0 Å². The molecule has 20 heavy (non-hydrogen) atoms. The zero-order valence-corrected chi connectivity index (χ0v) is 13.9. The first kappa shape index (κ1) is 16.0. The minimum atomic E-state index is -3.64. The second-order valence-corrected chi connectivity index (χ2v) is 7.63. The van der Waals surface area contributed by atoms with Crippen LogP contribution in [0.2, 0.25) is 5.02 Å². The number of aliphatic hydroxyl groups excluding tert-OH is 1. The topological polar surface area (TPSA) is 69.6 Å². The quantitative estimate of drug-likeness (QED) is 0.839. The molecule has 112 valence electrons. The van der Waals surface area contributed by atoms with Gasteiger partial charge in [0, 0.05) is 19.7 Å². The maximum Gasteiger partial charge on any atom is 0.301 e. The number of hydrogen-bond acceptors (Lipinski definition) is 3. The Labute approximate surface area is 132 Å². The van der Waals surface area contributed by atoms with E-state index in [1.807, 2.05) is 0 Å². The molecular formula is C12H16BrClN2O3S. The fourth-order valence-corrected chi connectivity index (χ4v) is 4.20. The summed E-state index contributed by atoms with van der Waals surface area (Å²) in [6.07, 6.45) is 1.60. The minimum absolute atomic E-state index is 0.00290. The van der Waals surface area contributed by atoms with E-state index in [9.17, 15) is 13.5 Å². The summed E-state index contributed by atoms with van der Waals surface area (Å²) in [4.78, 5) is 0. The van der Waals surface area contributed by atoms with E-state index in [1.54, 1.807) is 18.2 Å². The summed E-state index contributed by atoms with van der Waals surface area (Å²) in [6, 6.07) is 4.99. The molecule has 1 atom stereocenters. The Morgan fingerprint density at radius 2 is 2.25 bits per heavy atom. The maximum atomic E-state index is 12.3. The number of halogens is 2. The van der Waals surface area contributed by atoms with Crippen molar-refractivity contribution in [2.45, 2.75) is 12.8 Å². The van der Waals surface area contributed by atoms with Crippen molar-refractivity contribution in [3.63, 3.8) is 0 Å². The molecule has 0 radical (unpaired) electrons. The van der Waals surface area contributed by atoms with E-state index in [4.69, 9.17) is 11.6 Å². The molecule has 1 unspecified atom stereocenters. The van der Waals surface area contributed by atoms with Crippen LogP contribution >= 0.6 is 27.5 Å². The largest absolute Gasteiger partial charge is 0.396 e. The Kier molecular flexibility index (Phi) is 5.30. The molecule has 2 rings (SSSR count). The van der Waals surface area contributed by atoms with Crippen LogP contribution in [-0.2, 0) is 10.2 Å². The lowest BCUT2D eigenvalue weighted by atomic mass is 10.0. The van der Waals surface area contributed by atoms with Gasteiger partial charge in [0.1, 0.15) is 0 Å². The Hall–Kier alpha value is -0.340. The smallest absolute Gasteiger partial charge is 0.301 e. The van der Waals surface area contributed by atoms with Gasteiger partial charge in [-0.05, 0) is 46.8 Å². The molecule has 1 fully saturated rings. The zero-order valence-electron chi connectivity index (χ0n) is 10.7. The summed E-state index contributed by atoms with van der Waals surface area (Å²) in [5, 5.41) is 9.62. The Morgan fingerprint density at radius 1 is 1.50 bits per heavy atom. The Bertz CT molecular complexity index is 582. The molecule has 0 aromatic heterocycles. The monoisotopic (exact) mass is 382 g/mol. The van der Waals surface area contributed by atoms with Crippen LogP contribution in [0.1, 0.15) is 12.8 Å². The molecule has 0 amide bonds. The molecule has 1 aromatic rings. The SMILES string of the molecule is O=S(=O)(Nc1cccc(Cl)c1Br)N1CCCC(CO)C1. The van der Waals surface area contributed by atoms with Crippen LogP contribution in [0.5, 0.6) is 0 Å². The van der Waals surface area contributed by atoms with Gasteiger partial charge in [-0.1, -0.05) is 17.7 Å². The van der Waals surface area contributed by atoms with Crippen molar-refractivity contribution in [2.24, 2.45) is 5.92 Å². The van der Waals surface area contributed by atoms with Crippen molar-refractivity contribution in [1.29, 1.82) is 0 Å². The average Bonchev–Trinajstić information content (AvgIpc) is 2.44. The third-order valence-corrected chi connectivity index (χ3v) is 6.16. The Balaban J connectivity index is 2.16. The second-order valence-electron chi connectivity index (χ2n) is 4.76. The van der Waals surface area contributed by atoms with Crippen LogP contribution in [0.15, 0.2) is 22.7 Å². The van der Waals surface area contributed by atoms with Gasteiger partial charge in [0.25, 0.3) is 0 Å². The molecular weight excluding hydrogens is 368 g/mol. The predicted molar refractivity (Wildman–Crippen MR) is 83.1 cm³/mol. The summed E-state index contributed by atoms with van der Waals surface area (Å²) in [5.74, 6) is 0.00290. The third-order valence-electron chi connectivity index (χ3n) is 3.27. The van der Waals surface area contributed by atoms with Crippen LogP contribution < -0.4 is 4.72 Å². The number of benzene rings is 1. The number of nitrogens with one attached hydrogen (secondary N) is 1. The van der Waals surface area contributed by atoms with E-state index < -0.39 is 10.2 Å². The van der Waals surface area contributed by atoms with E-state index in [-0.39, 0.29) is 12.5 Å². The fourth-order valence-electron chi connectivity index (χ4n) is 2.18. The molecule has 0 spiro atoms. The molecule has 0 aliphatic carbocycles. The van der Waals surface area contributed by atoms with Gasteiger partial charge in [-0.3, -0.25) is 4.72 Å². The number of piperidine rings is 1. The van der Waals surface area contributed by atoms with Crippen LogP contribution in [0.3, 0.4) is 0 Å². The highest BCUT2D eigenvalue weighted by Crippen LogP contribution is 2.31. The van der Waals surface area contributed by atoms with Gasteiger partial charge >= 0.3 is 10.2 Å². The van der Waals surface area contributed by atoms with Crippen molar-refractivity contribution in [3.05, 3.63) is 27.7 Å². The first-order valence-electron chi connectivity index (χ1n) is 6.27. The number of nitrogens with zero attached hydrogens (tertiary/aromatic N) is 1. The highest BCUT2D eigenvalue weighted by molar-refractivity contribution is 9.10. The van der Waals surface area contributed by atoms with Crippen molar-refractivity contribution in [2.75, 3.05) is 24.4 Å². The summed E-state index contributed by atoms with van der Waals surface area (Å²) in [7, 11) is -3.64. The lowest BCUT2D eigenvalue weighted by Gasteiger charge is -2.31. The molecule has 1 aliphatic heterocycles. The number of hydrogen-bond donors (Lipinski definition) is 2. The summed E-state index contributed by atoms with van der Waals surface area (Å²) < 4.78 is 29.1. The molecule has 1 heterocycles. The van der Waals surface area contributed by atoms with Crippen LogP contribution in [0.4, 0.5) is 5.69 Å². The number of anilines is 1. The predicted octanol–water partition coefficient (Wildman–Crippen LogP) is 2.46. The molecule has 1 saturated heterocycles. The lowest BCUT2D eigenvalue weighted by molar-refractivity contribution is 0.166. The molecule has 5 nitrogen and oxygen atoms in total. The number of rotatable bonds is 4. The van der Waals surface area contributed by atoms with Gasteiger partial charge in [0.05, 0.1) is 15.2 Å². The number of aliphatic hydroxyl groups is 1. The normalized spacial score (nSPS) is 20.9. The average molecular weight is 384 g/mol. The zero-order chi connectivity index (χ0) is 14.8. The summed E-state index contributed by atoms with van der Waals surface area (Å²) in [5.41, 5.74) is 0.406. The van der Waals surface area contributed by atoms with Gasteiger partial charge in [-0.2, -0.15) is 12.7 Å². The summed E-state index contributed by atoms with van der Waals surface area (Å²) in [6.45, 7) is 0.806. The van der Waals surface area contributed by atoms with Crippen molar-refractivity contribution >= 4 is 43.4 Å². The van der Waals surface area contributed by atoms with Gasteiger partial charge in [-0.15, -0.1) is 0 Å². The van der Waals surface area contributed by atoms with E-state index in [0.29, 0.717) is 28.3 Å². The van der Waals surface area contributed by atoms with Crippen molar-refractivity contribution < 1.29 is 13.5 Å². The van der Waals surface area contributed by atoms with Gasteiger partial charge < -0.3 is 5.11 Å². The van der Waals surface area contributed by atoms with Gasteiger partial charge in [-0.25, -0.2) is 0 Å². The lowest BCUT2D eigenvalue weighted by Crippen LogP contribution is -2.43. The van der Waals surface area contributed by atoms with E-state index >= 15 is 0 Å². The first-order valence-corrected chi connectivity index (χ1v) is 8.88. The van der Waals surface area contributed by atoms with E-state index in [1.165, 1.54) is 4.31 Å².